The predicted molar refractivity (Wildman–Crippen MR) is 63.7 cm³/mol. The van der Waals surface area contributed by atoms with Crippen molar-refractivity contribution in [3.8, 4) is 0 Å². The lowest BCUT2D eigenvalue weighted by molar-refractivity contribution is 0.307. The Hall–Kier alpha value is -0.860. The quantitative estimate of drug-likeness (QED) is 0.788. The zero-order chi connectivity index (χ0) is 10.7. The number of hydrogen-bond donors (Lipinski definition) is 2. The SMILES string of the molecule is Cc1ccccc1C(CN)NC1CCC1. The molecule has 15 heavy (non-hydrogen) atoms. The van der Waals surface area contributed by atoms with Gasteiger partial charge in [0.15, 0.2) is 0 Å². The van der Waals surface area contributed by atoms with E-state index in [1.807, 2.05) is 0 Å². The monoisotopic (exact) mass is 204 g/mol. The van der Waals surface area contributed by atoms with Crippen molar-refractivity contribution in [3.05, 3.63) is 35.4 Å². The van der Waals surface area contributed by atoms with Gasteiger partial charge in [-0.1, -0.05) is 30.7 Å². The van der Waals surface area contributed by atoms with E-state index in [4.69, 9.17) is 5.73 Å². The minimum atomic E-state index is 0.330. The fourth-order valence-electron chi connectivity index (χ4n) is 2.12. The summed E-state index contributed by atoms with van der Waals surface area (Å²) >= 11 is 0. The number of benzene rings is 1. The third-order valence-corrected chi connectivity index (χ3v) is 3.34. The van der Waals surface area contributed by atoms with Gasteiger partial charge >= 0.3 is 0 Å². The van der Waals surface area contributed by atoms with Crippen LogP contribution in [0.5, 0.6) is 0 Å². The molecule has 0 aromatic heterocycles. The lowest BCUT2D eigenvalue weighted by Gasteiger charge is -2.31. The Morgan fingerprint density at radius 2 is 2.13 bits per heavy atom. The Morgan fingerprint density at radius 3 is 2.67 bits per heavy atom. The van der Waals surface area contributed by atoms with Crippen LogP contribution in [0.25, 0.3) is 0 Å². The molecule has 0 saturated heterocycles. The minimum Gasteiger partial charge on any atom is -0.329 e. The summed E-state index contributed by atoms with van der Waals surface area (Å²) < 4.78 is 0. The molecule has 2 nitrogen and oxygen atoms in total. The first-order chi connectivity index (χ1) is 7.31. The molecule has 1 unspecified atom stereocenters. The summed E-state index contributed by atoms with van der Waals surface area (Å²) in [6.07, 6.45) is 3.98. The summed E-state index contributed by atoms with van der Waals surface area (Å²) in [6.45, 7) is 2.84. The van der Waals surface area contributed by atoms with Gasteiger partial charge in [-0.05, 0) is 30.9 Å². The van der Waals surface area contributed by atoms with Crippen molar-refractivity contribution in [3.63, 3.8) is 0 Å². The van der Waals surface area contributed by atoms with Gasteiger partial charge in [-0.3, -0.25) is 0 Å². The average Bonchev–Trinajstić information content (AvgIpc) is 2.19. The summed E-state index contributed by atoms with van der Waals surface area (Å²) in [4.78, 5) is 0. The van der Waals surface area contributed by atoms with E-state index in [1.54, 1.807) is 0 Å². The molecule has 1 aliphatic carbocycles. The van der Waals surface area contributed by atoms with Crippen LogP contribution < -0.4 is 11.1 Å². The molecule has 2 rings (SSSR count). The highest BCUT2D eigenvalue weighted by Gasteiger charge is 2.21. The second kappa shape index (κ2) is 4.77. The van der Waals surface area contributed by atoms with Crippen LogP contribution in [-0.4, -0.2) is 12.6 Å². The van der Waals surface area contributed by atoms with Crippen molar-refractivity contribution >= 4 is 0 Å². The van der Waals surface area contributed by atoms with Crippen molar-refractivity contribution in [2.24, 2.45) is 5.73 Å². The molecule has 1 aromatic carbocycles. The highest BCUT2D eigenvalue weighted by Crippen LogP contribution is 2.23. The zero-order valence-corrected chi connectivity index (χ0v) is 9.37. The fraction of sp³-hybridized carbons (Fsp3) is 0.538. The smallest absolute Gasteiger partial charge is 0.0449 e. The maximum Gasteiger partial charge on any atom is 0.0449 e. The lowest BCUT2D eigenvalue weighted by Crippen LogP contribution is -2.40. The highest BCUT2D eigenvalue weighted by atomic mass is 15.0. The molecule has 0 aliphatic heterocycles. The molecular formula is C13H20N2. The number of aryl methyl sites for hydroxylation is 1. The highest BCUT2D eigenvalue weighted by molar-refractivity contribution is 5.29. The maximum absolute atomic E-state index is 5.84. The first-order valence-electron chi connectivity index (χ1n) is 5.83. The molecule has 1 atom stereocenters. The molecule has 0 spiro atoms. The van der Waals surface area contributed by atoms with Crippen LogP contribution in [0, 0.1) is 6.92 Å². The van der Waals surface area contributed by atoms with Gasteiger partial charge < -0.3 is 11.1 Å². The summed E-state index contributed by atoms with van der Waals surface area (Å²) in [5, 5.41) is 3.64. The zero-order valence-electron chi connectivity index (χ0n) is 9.37. The van der Waals surface area contributed by atoms with Crippen molar-refractivity contribution in [2.45, 2.75) is 38.3 Å². The standard InChI is InChI=1S/C13H20N2/c1-10-5-2-3-8-12(10)13(9-14)15-11-6-4-7-11/h2-3,5,8,11,13,15H,4,6-7,9,14H2,1H3. The van der Waals surface area contributed by atoms with E-state index >= 15 is 0 Å². The van der Waals surface area contributed by atoms with Gasteiger partial charge in [-0.25, -0.2) is 0 Å². The Bertz CT molecular complexity index is 318. The minimum absolute atomic E-state index is 0.330. The lowest BCUT2D eigenvalue weighted by atomic mass is 9.91. The van der Waals surface area contributed by atoms with Crippen molar-refractivity contribution < 1.29 is 0 Å². The molecule has 1 saturated carbocycles. The van der Waals surface area contributed by atoms with Crippen LogP contribution in [0.3, 0.4) is 0 Å². The van der Waals surface area contributed by atoms with E-state index < -0.39 is 0 Å². The van der Waals surface area contributed by atoms with Gasteiger partial charge in [-0.15, -0.1) is 0 Å². The third-order valence-electron chi connectivity index (χ3n) is 3.34. The summed E-state index contributed by atoms with van der Waals surface area (Å²) in [7, 11) is 0. The molecule has 1 aliphatic rings. The molecule has 3 N–H and O–H groups in total. The number of nitrogens with one attached hydrogen (secondary N) is 1. The Morgan fingerprint density at radius 1 is 1.40 bits per heavy atom. The van der Waals surface area contributed by atoms with Crippen LogP contribution in [0.1, 0.15) is 36.4 Å². The van der Waals surface area contributed by atoms with Gasteiger partial charge in [0.25, 0.3) is 0 Å². The first kappa shape index (κ1) is 10.7. The van der Waals surface area contributed by atoms with Crippen LogP contribution in [-0.2, 0) is 0 Å². The largest absolute Gasteiger partial charge is 0.329 e. The number of hydrogen-bond acceptors (Lipinski definition) is 2. The molecule has 82 valence electrons. The van der Waals surface area contributed by atoms with E-state index in [9.17, 15) is 0 Å². The second-order valence-corrected chi connectivity index (χ2v) is 4.44. The molecule has 1 fully saturated rings. The van der Waals surface area contributed by atoms with Gasteiger partial charge in [-0.2, -0.15) is 0 Å². The summed E-state index contributed by atoms with van der Waals surface area (Å²) in [6, 6.07) is 9.52. The molecule has 0 amide bonds. The molecular weight excluding hydrogens is 184 g/mol. The van der Waals surface area contributed by atoms with Crippen LogP contribution in [0.4, 0.5) is 0 Å². The van der Waals surface area contributed by atoms with E-state index in [0.717, 1.165) is 0 Å². The number of nitrogens with two attached hydrogens (primary N) is 1. The van der Waals surface area contributed by atoms with E-state index in [2.05, 4.69) is 36.5 Å². The Kier molecular flexibility index (Phi) is 3.39. The van der Waals surface area contributed by atoms with Crippen molar-refractivity contribution in [1.29, 1.82) is 0 Å². The van der Waals surface area contributed by atoms with E-state index in [0.29, 0.717) is 18.6 Å². The third kappa shape index (κ3) is 2.39. The van der Waals surface area contributed by atoms with E-state index in [1.165, 1.54) is 30.4 Å². The van der Waals surface area contributed by atoms with Crippen molar-refractivity contribution in [2.75, 3.05) is 6.54 Å². The number of rotatable bonds is 4. The predicted octanol–water partition coefficient (Wildman–Crippen LogP) is 2.14. The van der Waals surface area contributed by atoms with Gasteiger partial charge in [0.05, 0.1) is 0 Å². The van der Waals surface area contributed by atoms with Gasteiger partial charge in [0, 0.05) is 18.6 Å². The molecule has 0 bridgehead atoms. The van der Waals surface area contributed by atoms with Crippen LogP contribution >= 0.6 is 0 Å². The summed E-state index contributed by atoms with van der Waals surface area (Å²) in [5.74, 6) is 0. The molecule has 1 aromatic rings. The topological polar surface area (TPSA) is 38.0 Å². The average molecular weight is 204 g/mol. The van der Waals surface area contributed by atoms with E-state index in [-0.39, 0.29) is 0 Å². The van der Waals surface area contributed by atoms with Crippen molar-refractivity contribution in [1.82, 2.24) is 5.32 Å². The molecule has 0 heterocycles. The summed E-state index contributed by atoms with van der Waals surface area (Å²) in [5.41, 5.74) is 8.53. The molecule has 0 radical (unpaired) electrons. The Labute approximate surface area is 91.9 Å². The molecule has 2 heteroatoms. The van der Waals surface area contributed by atoms with Gasteiger partial charge in [0.2, 0.25) is 0 Å². The van der Waals surface area contributed by atoms with Gasteiger partial charge in [0.1, 0.15) is 0 Å². The van der Waals surface area contributed by atoms with Crippen LogP contribution in [0.2, 0.25) is 0 Å². The Balaban J connectivity index is 2.07. The second-order valence-electron chi connectivity index (χ2n) is 4.44. The maximum atomic E-state index is 5.84. The first-order valence-corrected chi connectivity index (χ1v) is 5.83. The normalized spacial score (nSPS) is 18.5. The fourth-order valence-corrected chi connectivity index (χ4v) is 2.12. The van der Waals surface area contributed by atoms with Crippen LogP contribution in [0.15, 0.2) is 24.3 Å².